The van der Waals surface area contributed by atoms with E-state index in [1.807, 2.05) is 19.9 Å². The Labute approximate surface area is 175 Å². The molecule has 8 heteroatoms. The fourth-order valence-corrected chi connectivity index (χ4v) is 2.63. The van der Waals surface area contributed by atoms with Crippen LogP contribution in [0, 0.1) is 6.92 Å². The van der Waals surface area contributed by atoms with Crippen LogP contribution in [0.3, 0.4) is 0 Å². The zero-order chi connectivity index (χ0) is 21.2. The van der Waals surface area contributed by atoms with Gasteiger partial charge in [0, 0.05) is 29.1 Å². The zero-order valence-electron chi connectivity index (χ0n) is 16.6. The molecule has 0 aromatic heterocycles. The minimum atomic E-state index is -0.376. The standard InChI is InChI=1S/C21H24ClN3O4/c1-4-29-21-15(6-5-7-18(21)28-3)13-23-25-20(27)11-10-19(26)24-16-9-8-14(2)17(22)12-16/h5-9,12-13H,4,10-11H2,1-3H3,(H,24,26)(H,25,27). The van der Waals surface area contributed by atoms with Gasteiger partial charge in [0.15, 0.2) is 11.5 Å². The summed E-state index contributed by atoms with van der Waals surface area (Å²) in [6, 6.07) is 10.6. The second kappa shape index (κ2) is 11.1. The third-order valence-electron chi connectivity index (χ3n) is 3.95. The number of benzene rings is 2. The quantitative estimate of drug-likeness (QED) is 0.478. The lowest BCUT2D eigenvalue weighted by molar-refractivity contribution is -0.124. The Kier molecular flexibility index (Phi) is 8.48. The Balaban J connectivity index is 1.85. The number of hydrazone groups is 1. The van der Waals surface area contributed by atoms with Gasteiger partial charge in [-0.1, -0.05) is 23.7 Å². The maximum absolute atomic E-state index is 12.0. The number of amides is 2. The van der Waals surface area contributed by atoms with Crippen molar-refractivity contribution in [3.05, 3.63) is 52.5 Å². The number of methoxy groups -OCH3 is 1. The number of ether oxygens (including phenoxy) is 2. The van der Waals surface area contributed by atoms with Crippen molar-refractivity contribution in [2.45, 2.75) is 26.7 Å². The van der Waals surface area contributed by atoms with Crippen LogP contribution in [0.5, 0.6) is 11.5 Å². The van der Waals surface area contributed by atoms with E-state index in [1.165, 1.54) is 6.21 Å². The Morgan fingerprint density at radius 3 is 2.62 bits per heavy atom. The van der Waals surface area contributed by atoms with Crippen LogP contribution in [-0.4, -0.2) is 31.7 Å². The van der Waals surface area contributed by atoms with Crippen LogP contribution >= 0.6 is 11.6 Å². The number of hydrogen-bond donors (Lipinski definition) is 2. The van der Waals surface area contributed by atoms with E-state index in [4.69, 9.17) is 21.1 Å². The molecular weight excluding hydrogens is 394 g/mol. The fraction of sp³-hybridized carbons (Fsp3) is 0.286. The summed E-state index contributed by atoms with van der Waals surface area (Å²) in [5, 5.41) is 7.21. The van der Waals surface area contributed by atoms with Crippen LogP contribution < -0.4 is 20.2 Å². The van der Waals surface area contributed by atoms with Gasteiger partial charge in [0.05, 0.1) is 19.9 Å². The second-order valence-corrected chi connectivity index (χ2v) is 6.52. The maximum atomic E-state index is 12.0. The van der Waals surface area contributed by atoms with Crippen molar-refractivity contribution >= 4 is 35.3 Å². The largest absolute Gasteiger partial charge is 0.493 e. The molecule has 0 fully saturated rings. The minimum absolute atomic E-state index is 0.000799. The number of aryl methyl sites for hydroxylation is 1. The van der Waals surface area contributed by atoms with Crippen LogP contribution in [0.4, 0.5) is 5.69 Å². The Morgan fingerprint density at radius 1 is 1.17 bits per heavy atom. The highest BCUT2D eigenvalue weighted by Gasteiger charge is 2.10. The summed E-state index contributed by atoms with van der Waals surface area (Å²) < 4.78 is 10.8. The number of nitrogens with zero attached hydrogens (tertiary/aromatic N) is 1. The third kappa shape index (κ3) is 6.80. The molecule has 0 spiro atoms. The molecule has 0 atom stereocenters. The van der Waals surface area contributed by atoms with Crippen molar-refractivity contribution in [1.29, 1.82) is 0 Å². The first kappa shape index (κ1) is 22.2. The van der Waals surface area contributed by atoms with Gasteiger partial charge in [0.1, 0.15) is 0 Å². The van der Waals surface area contributed by atoms with E-state index in [1.54, 1.807) is 37.4 Å². The summed E-state index contributed by atoms with van der Waals surface area (Å²) >= 11 is 6.03. The molecule has 154 valence electrons. The average molecular weight is 418 g/mol. The van der Waals surface area contributed by atoms with Gasteiger partial charge >= 0.3 is 0 Å². The van der Waals surface area contributed by atoms with Gasteiger partial charge in [0.25, 0.3) is 0 Å². The summed E-state index contributed by atoms with van der Waals surface area (Å²) in [6.07, 6.45) is 1.50. The van der Waals surface area contributed by atoms with E-state index in [0.29, 0.717) is 34.4 Å². The predicted molar refractivity (Wildman–Crippen MR) is 114 cm³/mol. The molecule has 0 radical (unpaired) electrons. The van der Waals surface area contributed by atoms with E-state index < -0.39 is 0 Å². The van der Waals surface area contributed by atoms with Crippen LogP contribution in [0.1, 0.15) is 30.9 Å². The van der Waals surface area contributed by atoms with Gasteiger partial charge in [-0.2, -0.15) is 5.10 Å². The molecule has 2 rings (SSSR count). The van der Waals surface area contributed by atoms with Crippen LogP contribution in [0.2, 0.25) is 5.02 Å². The van der Waals surface area contributed by atoms with Crippen LogP contribution in [0.25, 0.3) is 0 Å². The SMILES string of the molecule is CCOc1c(C=NNC(=O)CCC(=O)Nc2ccc(C)c(Cl)c2)cccc1OC. The molecule has 7 nitrogen and oxygen atoms in total. The van der Waals surface area contributed by atoms with Gasteiger partial charge in [-0.05, 0) is 43.7 Å². The first-order valence-electron chi connectivity index (χ1n) is 9.12. The van der Waals surface area contributed by atoms with E-state index in [2.05, 4.69) is 15.8 Å². The number of carbonyl (C=O) groups is 2. The normalized spacial score (nSPS) is 10.6. The predicted octanol–water partition coefficient (Wildman–Crippen LogP) is 3.92. The molecule has 2 aromatic rings. The Hall–Kier alpha value is -3.06. The number of para-hydroxylation sites is 1. The van der Waals surface area contributed by atoms with Crippen molar-refractivity contribution in [1.82, 2.24) is 5.43 Å². The second-order valence-electron chi connectivity index (χ2n) is 6.12. The molecule has 2 amide bonds. The molecule has 0 saturated heterocycles. The molecule has 29 heavy (non-hydrogen) atoms. The maximum Gasteiger partial charge on any atom is 0.240 e. The minimum Gasteiger partial charge on any atom is -0.493 e. The third-order valence-corrected chi connectivity index (χ3v) is 4.35. The van der Waals surface area contributed by atoms with Gasteiger partial charge in [0.2, 0.25) is 11.8 Å². The van der Waals surface area contributed by atoms with E-state index in [-0.39, 0.29) is 24.7 Å². The van der Waals surface area contributed by atoms with Crippen LogP contribution in [-0.2, 0) is 9.59 Å². The summed E-state index contributed by atoms with van der Waals surface area (Å²) in [5.74, 6) is 0.469. The first-order valence-corrected chi connectivity index (χ1v) is 9.50. The lowest BCUT2D eigenvalue weighted by Crippen LogP contribution is -2.20. The topological polar surface area (TPSA) is 89.0 Å². The molecule has 0 aliphatic heterocycles. The van der Waals surface area contributed by atoms with Crippen molar-refractivity contribution in [2.24, 2.45) is 5.10 Å². The number of anilines is 1. The highest BCUT2D eigenvalue weighted by atomic mass is 35.5. The molecule has 2 N–H and O–H groups in total. The summed E-state index contributed by atoms with van der Waals surface area (Å²) in [6.45, 7) is 4.21. The van der Waals surface area contributed by atoms with Gasteiger partial charge < -0.3 is 14.8 Å². The van der Waals surface area contributed by atoms with Crippen LogP contribution in [0.15, 0.2) is 41.5 Å². The molecule has 0 heterocycles. The van der Waals surface area contributed by atoms with Crippen molar-refractivity contribution in [3.63, 3.8) is 0 Å². The summed E-state index contributed by atoms with van der Waals surface area (Å²) in [4.78, 5) is 23.9. The molecule has 0 unspecified atom stereocenters. The number of halogens is 1. The monoisotopic (exact) mass is 417 g/mol. The lowest BCUT2D eigenvalue weighted by atomic mass is 10.2. The molecule has 0 bridgehead atoms. The lowest BCUT2D eigenvalue weighted by Gasteiger charge is -2.11. The average Bonchev–Trinajstić information content (AvgIpc) is 2.70. The fourth-order valence-electron chi connectivity index (χ4n) is 2.44. The van der Waals surface area contributed by atoms with Gasteiger partial charge in [-0.3, -0.25) is 9.59 Å². The van der Waals surface area contributed by atoms with E-state index in [0.717, 1.165) is 5.56 Å². The molecular formula is C21H24ClN3O4. The molecule has 0 aliphatic carbocycles. The highest BCUT2D eigenvalue weighted by Crippen LogP contribution is 2.29. The van der Waals surface area contributed by atoms with Gasteiger partial charge in [-0.25, -0.2) is 5.43 Å². The highest BCUT2D eigenvalue weighted by molar-refractivity contribution is 6.31. The summed E-state index contributed by atoms with van der Waals surface area (Å²) in [7, 11) is 1.55. The van der Waals surface area contributed by atoms with Crippen molar-refractivity contribution in [2.75, 3.05) is 19.0 Å². The smallest absolute Gasteiger partial charge is 0.240 e. The Morgan fingerprint density at radius 2 is 1.93 bits per heavy atom. The molecule has 2 aromatic carbocycles. The van der Waals surface area contributed by atoms with Gasteiger partial charge in [-0.15, -0.1) is 0 Å². The molecule has 0 saturated carbocycles. The Bertz CT molecular complexity index is 899. The number of rotatable bonds is 9. The van der Waals surface area contributed by atoms with E-state index >= 15 is 0 Å². The summed E-state index contributed by atoms with van der Waals surface area (Å²) in [5.41, 5.74) is 4.58. The molecule has 0 aliphatic rings. The number of nitrogens with one attached hydrogen (secondary N) is 2. The first-order chi connectivity index (χ1) is 13.9. The van der Waals surface area contributed by atoms with E-state index in [9.17, 15) is 9.59 Å². The zero-order valence-corrected chi connectivity index (χ0v) is 17.4. The van der Waals surface area contributed by atoms with Crippen molar-refractivity contribution in [3.8, 4) is 11.5 Å². The van der Waals surface area contributed by atoms with Crippen molar-refractivity contribution < 1.29 is 19.1 Å². The number of hydrogen-bond acceptors (Lipinski definition) is 5. The number of carbonyl (C=O) groups excluding carboxylic acids is 2.